The zero-order chi connectivity index (χ0) is 15.6. The molecule has 1 aromatic rings. The summed E-state index contributed by atoms with van der Waals surface area (Å²) in [5.41, 5.74) is -0.0452. The van der Waals surface area contributed by atoms with E-state index in [2.05, 4.69) is 15.4 Å². The third kappa shape index (κ3) is 4.70. The second kappa shape index (κ2) is 7.10. The van der Waals surface area contributed by atoms with E-state index in [9.17, 15) is 26.7 Å². The number of amides is 1. The lowest BCUT2D eigenvalue weighted by atomic mass is 10.2. The fraction of sp³-hybridized carbons (Fsp3) is 0.417. The third-order valence-electron chi connectivity index (χ3n) is 2.84. The van der Waals surface area contributed by atoms with Crippen molar-refractivity contribution in [3.05, 3.63) is 24.0 Å². The summed E-state index contributed by atoms with van der Waals surface area (Å²) in [4.78, 5) is 11.7. The lowest BCUT2D eigenvalue weighted by molar-refractivity contribution is -0.118. The Morgan fingerprint density at radius 3 is 2.59 bits per heavy atom. The number of ether oxygens (including phenoxy) is 1. The van der Waals surface area contributed by atoms with E-state index in [1.54, 1.807) is 0 Å². The molecule has 1 aromatic carbocycles. The Morgan fingerprint density at radius 2 is 2.09 bits per heavy atom. The number of hydrogen-bond donors (Lipinski definition) is 2. The Hall–Kier alpha value is -1.61. The smallest absolute Gasteiger partial charge is 0.387 e. The molecule has 0 radical (unpaired) electrons. The molecule has 1 saturated heterocycles. The molecule has 1 aliphatic heterocycles. The maximum atomic E-state index is 13.4. The zero-order valence-electron chi connectivity index (χ0n) is 10.9. The predicted octanol–water partition coefficient (Wildman–Crippen LogP) is 2.78. The van der Waals surface area contributed by atoms with Gasteiger partial charge in [-0.25, -0.2) is 13.2 Å². The van der Waals surface area contributed by atoms with Crippen molar-refractivity contribution in [1.29, 1.82) is 0 Å². The summed E-state index contributed by atoms with van der Waals surface area (Å²) in [6, 6.07) is 1.71. The second-order valence-corrected chi connectivity index (χ2v) is 4.51. The van der Waals surface area contributed by atoms with E-state index in [1.807, 2.05) is 0 Å². The van der Waals surface area contributed by atoms with E-state index < -0.39 is 49.0 Å². The fourth-order valence-corrected chi connectivity index (χ4v) is 1.90. The minimum absolute atomic E-state index is 0. The van der Waals surface area contributed by atoms with Crippen molar-refractivity contribution in [2.24, 2.45) is 0 Å². The van der Waals surface area contributed by atoms with Crippen molar-refractivity contribution in [1.82, 2.24) is 5.32 Å². The summed E-state index contributed by atoms with van der Waals surface area (Å²) in [5, 5.41) is 4.56. The molecule has 1 aliphatic rings. The van der Waals surface area contributed by atoms with Crippen molar-refractivity contribution in [3.8, 4) is 5.75 Å². The average molecular weight is 347 g/mol. The fourth-order valence-electron chi connectivity index (χ4n) is 1.90. The van der Waals surface area contributed by atoms with Crippen molar-refractivity contribution in [2.75, 3.05) is 11.9 Å². The molecule has 0 aromatic heterocycles. The SMILES string of the molecule is Cl.O=C(Nc1ccc(OC(F)F)c(F)c1)C1CC(F)(F)CN1. The van der Waals surface area contributed by atoms with Crippen LogP contribution in [0, 0.1) is 5.82 Å². The lowest BCUT2D eigenvalue weighted by Gasteiger charge is -2.12. The van der Waals surface area contributed by atoms with Gasteiger partial charge in [0.05, 0.1) is 12.6 Å². The van der Waals surface area contributed by atoms with Gasteiger partial charge >= 0.3 is 6.61 Å². The summed E-state index contributed by atoms with van der Waals surface area (Å²) < 4.78 is 67.1. The van der Waals surface area contributed by atoms with Crippen LogP contribution in [0.2, 0.25) is 0 Å². The molecule has 1 fully saturated rings. The van der Waals surface area contributed by atoms with Gasteiger partial charge in [0.15, 0.2) is 11.6 Å². The van der Waals surface area contributed by atoms with Crippen LogP contribution >= 0.6 is 12.4 Å². The van der Waals surface area contributed by atoms with Gasteiger partial charge < -0.3 is 10.1 Å². The highest BCUT2D eigenvalue weighted by Gasteiger charge is 2.42. The lowest BCUT2D eigenvalue weighted by Crippen LogP contribution is -2.35. The Bertz CT molecular complexity index is 544. The predicted molar refractivity (Wildman–Crippen MR) is 70.3 cm³/mol. The quantitative estimate of drug-likeness (QED) is 0.824. The van der Waals surface area contributed by atoms with Gasteiger partial charge in [0.2, 0.25) is 5.91 Å². The maximum absolute atomic E-state index is 13.4. The van der Waals surface area contributed by atoms with Gasteiger partial charge in [-0.2, -0.15) is 8.78 Å². The van der Waals surface area contributed by atoms with E-state index in [1.165, 1.54) is 0 Å². The Morgan fingerprint density at radius 1 is 1.41 bits per heavy atom. The van der Waals surface area contributed by atoms with Crippen molar-refractivity contribution < 1.29 is 31.5 Å². The van der Waals surface area contributed by atoms with E-state index >= 15 is 0 Å². The van der Waals surface area contributed by atoms with Gasteiger partial charge in [-0.1, -0.05) is 0 Å². The second-order valence-electron chi connectivity index (χ2n) is 4.51. The van der Waals surface area contributed by atoms with E-state index in [4.69, 9.17) is 0 Å². The molecule has 1 amide bonds. The number of halogens is 6. The van der Waals surface area contributed by atoms with Crippen LogP contribution in [0.15, 0.2) is 18.2 Å². The molecule has 1 atom stereocenters. The minimum atomic E-state index is -3.18. The molecular formula is C12H12ClF5N2O2. The molecule has 0 spiro atoms. The molecule has 2 N–H and O–H groups in total. The monoisotopic (exact) mass is 346 g/mol. The highest BCUT2D eigenvalue weighted by Crippen LogP contribution is 2.27. The summed E-state index contributed by atoms with van der Waals surface area (Å²) in [7, 11) is 0. The zero-order valence-corrected chi connectivity index (χ0v) is 11.7. The molecule has 1 heterocycles. The van der Waals surface area contributed by atoms with Gasteiger partial charge in [0.25, 0.3) is 5.92 Å². The number of benzene rings is 1. The normalized spacial score (nSPS) is 19.6. The first-order chi connectivity index (χ1) is 9.77. The molecule has 1 unspecified atom stereocenters. The molecule has 0 aliphatic carbocycles. The van der Waals surface area contributed by atoms with Crippen LogP contribution < -0.4 is 15.4 Å². The molecule has 10 heteroatoms. The summed E-state index contributed by atoms with van der Waals surface area (Å²) in [6.45, 7) is -3.79. The van der Waals surface area contributed by atoms with Crippen molar-refractivity contribution >= 4 is 24.0 Å². The van der Waals surface area contributed by atoms with Gasteiger partial charge in [-0.05, 0) is 12.1 Å². The van der Waals surface area contributed by atoms with Crippen molar-refractivity contribution in [3.63, 3.8) is 0 Å². The number of nitrogens with one attached hydrogen (secondary N) is 2. The first-order valence-corrected chi connectivity index (χ1v) is 5.93. The van der Waals surface area contributed by atoms with Crippen LogP contribution in [-0.2, 0) is 4.79 Å². The van der Waals surface area contributed by atoms with E-state index in [-0.39, 0.29) is 18.1 Å². The average Bonchev–Trinajstić information content (AvgIpc) is 2.73. The third-order valence-corrected chi connectivity index (χ3v) is 2.84. The van der Waals surface area contributed by atoms with Gasteiger partial charge in [-0.15, -0.1) is 12.4 Å². The van der Waals surface area contributed by atoms with E-state index in [0.717, 1.165) is 18.2 Å². The highest BCUT2D eigenvalue weighted by molar-refractivity contribution is 5.95. The number of anilines is 1. The summed E-state index contributed by atoms with van der Waals surface area (Å²) in [6.07, 6.45) is -0.659. The highest BCUT2D eigenvalue weighted by atomic mass is 35.5. The molecule has 2 rings (SSSR count). The summed E-state index contributed by atoms with van der Waals surface area (Å²) in [5.74, 6) is -5.50. The number of alkyl halides is 4. The Labute approximate surface area is 128 Å². The van der Waals surface area contributed by atoms with E-state index in [0.29, 0.717) is 0 Å². The standard InChI is InChI=1S/C12H11F5N2O2.ClH/c13-7-3-6(1-2-9(7)21-11(14)15)19-10(20)8-4-12(16,17)5-18-8;/h1-3,8,11,18H,4-5H2,(H,19,20);1H. The van der Waals surface area contributed by atoms with Crippen molar-refractivity contribution in [2.45, 2.75) is 25.0 Å². The first kappa shape index (κ1) is 18.4. The number of carbonyl (C=O) groups is 1. The molecule has 22 heavy (non-hydrogen) atoms. The molecule has 124 valence electrons. The van der Waals surface area contributed by atoms with Crippen LogP contribution in [0.1, 0.15) is 6.42 Å². The molecule has 4 nitrogen and oxygen atoms in total. The Kier molecular flexibility index (Phi) is 5.95. The largest absolute Gasteiger partial charge is 0.432 e. The van der Waals surface area contributed by atoms with Gasteiger partial charge in [0.1, 0.15) is 0 Å². The minimum Gasteiger partial charge on any atom is -0.432 e. The number of carbonyl (C=O) groups excluding carboxylic acids is 1. The van der Waals surface area contributed by atoms with Crippen LogP contribution in [0.4, 0.5) is 27.6 Å². The first-order valence-electron chi connectivity index (χ1n) is 5.93. The van der Waals surface area contributed by atoms with Crippen LogP contribution in [0.5, 0.6) is 5.75 Å². The van der Waals surface area contributed by atoms with Crippen LogP contribution in [-0.4, -0.2) is 31.0 Å². The molecular weight excluding hydrogens is 335 g/mol. The number of hydrogen-bond acceptors (Lipinski definition) is 3. The van der Waals surface area contributed by atoms with Gasteiger partial charge in [-0.3, -0.25) is 10.1 Å². The van der Waals surface area contributed by atoms with Crippen LogP contribution in [0.3, 0.4) is 0 Å². The summed E-state index contributed by atoms with van der Waals surface area (Å²) >= 11 is 0. The molecule has 0 bridgehead atoms. The number of rotatable bonds is 4. The molecule has 0 saturated carbocycles. The topological polar surface area (TPSA) is 50.4 Å². The van der Waals surface area contributed by atoms with Gasteiger partial charge in [0, 0.05) is 18.2 Å². The van der Waals surface area contributed by atoms with Crippen LogP contribution in [0.25, 0.3) is 0 Å². The maximum Gasteiger partial charge on any atom is 0.387 e. The Balaban J connectivity index is 0.00000242.